The van der Waals surface area contributed by atoms with Crippen LogP contribution in [0.5, 0.6) is 5.75 Å². The molecule has 2 amide bonds. The van der Waals surface area contributed by atoms with Gasteiger partial charge in [0.15, 0.2) is 0 Å². The molecule has 2 heterocycles. The Hall–Kier alpha value is -3.26. The number of hydrogen-bond acceptors (Lipinski definition) is 8. The van der Waals surface area contributed by atoms with Gasteiger partial charge in [0.2, 0.25) is 10.0 Å². The molecule has 14 heteroatoms. The fraction of sp³-hybridized carbons (Fsp3) is 0.367. The summed E-state index contributed by atoms with van der Waals surface area (Å²) in [5.74, 6) is -2.10. The number of hydroxylamine groups is 1. The number of nitrogens with one attached hydrogen (secondary N) is 2. The summed E-state index contributed by atoms with van der Waals surface area (Å²) in [7, 11) is -3.61. The Morgan fingerprint density at radius 3 is 2.57 bits per heavy atom. The number of nitrogens with zero attached hydrogens (tertiary/aromatic N) is 2. The molecule has 4 N–H and O–H groups in total. The van der Waals surface area contributed by atoms with Crippen LogP contribution in [0.4, 0.5) is 0 Å². The van der Waals surface area contributed by atoms with Crippen molar-refractivity contribution in [3.8, 4) is 5.75 Å². The summed E-state index contributed by atoms with van der Waals surface area (Å²) in [6.45, 7) is -0.653. The van der Waals surface area contributed by atoms with Crippen LogP contribution in [0.1, 0.15) is 70.5 Å². The van der Waals surface area contributed by atoms with E-state index in [1.165, 1.54) is 18.2 Å². The number of amides is 2. The largest absolute Gasteiger partial charge is 0.506 e. The first-order chi connectivity index (χ1) is 21.0. The van der Waals surface area contributed by atoms with Crippen molar-refractivity contribution in [1.29, 1.82) is 0 Å². The van der Waals surface area contributed by atoms with E-state index in [-0.39, 0.29) is 29.0 Å². The van der Waals surface area contributed by atoms with Crippen LogP contribution in [-0.2, 0) is 32.9 Å². The van der Waals surface area contributed by atoms with Gasteiger partial charge in [-0.05, 0) is 54.3 Å². The highest BCUT2D eigenvalue weighted by Gasteiger charge is 2.49. The number of fused-ring (bicyclic) bond motifs is 1. The maximum Gasteiger partial charge on any atom is 0.255 e. The number of aliphatic hydroxyl groups excluding tert-OH is 1. The second-order valence-electron chi connectivity index (χ2n) is 10.9. The predicted molar refractivity (Wildman–Crippen MR) is 163 cm³/mol. The first kappa shape index (κ1) is 32.1. The Kier molecular flexibility index (Phi) is 9.78. The average molecular weight is 664 g/mol. The number of carbonyl (C=O) groups excluding carboxylic acids is 2. The molecule has 2 aliphatic rings. The minimum atomic E-state index is -3.61. The first-order valence-electron chi connectivity index (χ1n) is 14.0. The minimum absolute atomic E-state index is 0.0648. The Balaban J connectivity index is 1.56. The maximum absolute atomic E-state index is 14.3. The zero-order valence-electron chi connectivity index (χ0n) is 23.7. The molecule has 4 unspecified atom stereocenters. The lowest BCUT2D eigenvalue weighted by atomic mass is 9.76. The lowest BCUT2D eigenvalue weighted by Gasteiger charge is -2.49. The molecule has 0 spiro atoms. The number of hydrogen-bond donors (Lipinski definition) is 4. The van der Waals surface area contributed by atoms with Crippen LogP contribution >= 0.6 is 23.2 Å². The van der Waals surface area contributed by atoms with Crippen LogP contribution in [0, 0.1) is 0 Å². The molecule has 1 aromatic heterocycles. The molecule has 0 radical (unpaired) electrons. The standard InChI is InChI=1S/C30H32Cl2N4O7S/c1-44(41,42)35-23-8-4-5-9-25(23)36-28(21-12-10-17(31)14-22(21)32)27(19-6-2-3-7-20(19)30(36)40)29(39)34-43-16-18-11-13-26(38)24(15-37)33-18/h2-3,6-7,10-14,23,25,27-28,35,37-38H,4-5,8-9,15-16H2,1H3,(H,34,39). The van der Waals surface area contributed by atoms with E-state index in [9.17, 15) is 28.2 Å². The lowest BCUT2D eigenvalue weighted by Crippen LogP contribution is -2.59. The summed E-state index contributed by atoms with van der Waals surface area (Å²) in [5, 5.41) is 19.8. The van der Waals surface area contributed by atoms with Gasteiger partial charge in [-0.2, -0.15) is 0 Å². The molecule has 4 atom stereocenters. The molecule has 5 rings (SSSR count). The van der Waals surface area contributed by atoms with Crippen molar-refractivity contribution in [2.45, 2.75) is 62.9 Å². The van der Waals surface area contributed by atoms with Crippen molar-refractivity contribution in [1.82, 2.24) is 20.1 Å². The predicted octanol–water partition coefficient (Wildman–Crippen LogP) is 3.98. The molecule has 0 saturated heterocycles. The van der Waals surface area contributed by atoms with Gasteiger partial charge < -0.3 is 15.1 Å². The Morgan fingerprint density at radius 2 is 1.84 bits per heavy atom. The van der Waals surface area contributed by atoms with Crippen LogP contribution in [-0.4, -0.2) is 58.7 Å². The topological polar surface area (TPSA) is 158 Å². The van der Waals surface area contributed by atoms with E-state index < -0.39 is 46.6 Å². The highest BCUT2D eigenvalue weighted by molar-refractivity contribution is 7.88. The third kappa shape index (κ3) is 6.85. The summed E-state index contributed by atoms with van der Waals surface area (Å²) in [6, 6.07) is 12.4. The molecule has 1 fully saturated rings. The summed E-state index contributed by atoms with van der Waals surface area (Å²) in [6.07, 6.45) is 3.64. The normalized spacial score (nSPS) is 22.0. The Morgan fingerprint density at radius 1 is 1.09 bits per heavy atom. The average Bonchev–Trinajstić information content (AvgIpc) is 2.98. The molecular formula is C30H32Cl2N4O7S. The van der Waals surface area contributed by atoms with Gasteiger partial charge in [0.1, 0.15) is 18.1 Å². The summed E-state index contributed by atoms with van der Waals surface area (Å²) in [5.41, 5.74) is 4.14. The smallest absolute Gasteiger partial charge is 0.255 e. The van der Waals surface area contributed by atoms with E-state index in [1.807, 2.05) is 0 Å². The lowest BCUT2D eigenvalue weighted by molar-refractivity contribution is -0.138. The van der Waals surface area contributed by atoms with Crippen molar-refractivity contribution in [2.24, 2.45) is 0 Å². The molecular weight excluding hydrogens is 631 g/mol. The van der Waals surface area contributed by atoms with Gasteiger partial charge in [0.05, 0.1) is 30.5 Å². The van der Waals surface area contributed by atoms with E-state index in [0.29, 0.717) is 40.2 Å². The third-order valence-electron chi connectivity index (χ3n) is 7.94. The van der Waals surface area contributed by atoms with Crippen LogP contribution in [0.3, 0.4) is 0 Å². The molecule has 44 heavy (non-hydrogen) atoms. The number of carbonyl (C=O) groups is 2. The number of aromatic nitrogens is 1. The second kappa shape index (κ2) is 13.4. The zero-order valence-corrected chi connectivity index (χ0v) is 26.1. The highest BCUT2D eigenvalue weighted by atomic mass is 35.5. The number of aromatic hydroxyl groups is 1. The van der Waals surface area contributed by atoms with Crippen molar-refractivity contribution >= 4 is 45.0 Å². The van der Waals surface area contributed by atoms with Gasteiger partial charge in [-0.15, -0.1) is 0 Å². The monoisotopic (exact) mass is 662 g/mol. The fourth-order valence-corrected chi connectivity index (χ4v) is 7.45. The Labute approximate surface area is 265 Å². The number of rotatable bonds is 9. The molecule has 234 valence electrons. The summed E-state index contributed by atoms with van der Waals surface area (Å²) >= 11 is 13.0. The van der Waals surface area contributed by atoms with Gasteiger partial charge >= 0.3 is 0 Å². The number of benzene rings is 2. The Bertz CT molecular complexity index is 1670. The number of aliphatic hydroxyl groups is 1. The minimum Gasteiger partial charge on any atom is -0.506 e. The molecule has 1 aliphatic heterocycles. The van der Waals surface area contributed by atoms with E-state index in [2.05, 4.69) is 15.2 Å². The van der Waals surface area contributed by atoms with E-state index in [0.717, 1.165) is 19.1 Å². The molecule has 3 aromatic rings. The van der Waals surface area contributed by atoms with Crippen molar-refractivity contribution in [3.05, 3.63) is 92.7 Å². The van der Waals surface area contributed by atoms with Gasteiger partial charge in [0.25, 0.3) is 11.8 Å². The van der Waals surface area contributed by atoms with Crippen LogP contribution in [0.25, 0.3) is 0 Å². The van der Waals surface area contributed by atoms with Gasteiger partial charge in [-0.25, -0.2) is 23.6 Å². The van der Waals surface area contributed by atoms with Crippen LogP contribution < -0.4 is 10.2 Å². The maximum atomic E-state index is 14.3. The van der Waals surface area contributed by atoms with E-state index in [1.54, 1.807) is 41.3 Å². The fourth-order valence-electron chi connectivity index (χ4n) is 6.11. The second-order valence-corrected chi connectivity index (χ2v) is 13.5. The number of sulfonamides is 1. The van der Waals surface area contributed by atoms with Crippen molar-refractivity contribution < 1.29 is 33.1 Å². The van der Waals surface area contributed by atoms with Gasteiger partial charge in [0, 0.05) is 27.7 Å². The van der Waals surface area contributed by atoms with Crippen LogP contribution in [0.15, 0.2) is 54.6 Å². The van der Waals surface area contributed by atoms with Crippen LogP contribution in [0.2, 0.25) is 10.0 Å². The number of halogens is 2. The van der Waals surface area contributed by atoms with Crippen molar-refractivity contribution in [2.75, 3.05) is 6.26 Å². The summed E-state index contributed by atoms with van der Waals surface area (Å²) in [4.78, 5) is 39.7. The summed E-state index contributed by atoms with van der Waals surface area (Å²) < 4.78 is 27.4. The SMILES string of the molecule is CS(=O)(=O)NC1CCCCC1N1C(=O)c2ccccc2C(C(=O)NOCc2ccc(O)c(CO)n2)C1c1ccc(Cl)cc1Cl. The number of pyridine rings is 1. The molecule has 1 saturated carbocycles. The molecule has 11 nitrogen and oxygen atoms in total. The van der Waals surface area contributed by atoms with E-state index >= 15 is 0 Å². The molecule has 0 bridgehead atoms. The quantitative estimate of drug-likeness (QED) is 0.251. The van der Waals surface area contributed by atoms with E-state index in [4.69, 9.17) is 28.0 Å². The molecule has 1 aliphatic carbocycles. The zero-order chi connectivity index (χ0) is 31.6. The van der Waals surface area contributed by atoms with Crippen molar-refractivity contribution in [3.63, 3.8) is 0 Å². The first-order valence-corrected chi connectivity index (χ1v) is 16.7. The third-order valence-corrected chi connectivity index (χ3v) is 9.24. The molecule has 2 aromatic carbocycles. The highest BCUT2D eigenvalue weighted by Crippen LogP contribution is 2.47. The van der Waals surface area contributed by atoms with Gasteiger partial charge in [-0.3, -0.25) is 14.4 Å². The van der Waals surface area contributed by atoms with Gasteiger partial charge in [-0.1, -0.05) is 60.3 Å².